The number of methoxy groups -OCH3 is 2. The summed E-state index contributed by atoms with van der Waals surface area (Å²) in [7, 11) is 3.12. The Balaban J connectivity index is 1.59. The lowest BCUT2D eigenvalue weighted by molar-refractivity contribution is -0.122. The molecule has 1 heterocycles. The smallest absolute Gasteiger partial charge is 0.263 e. The number of carbonyl (C=O) groups is 1. The molecule has 0 saturated carbocycles. The van der Waals surface area contributed by atoms with Crippen molar-refractivity contribution >= 4 is 12.1 Å². The van der Waals surface area contributed by atoms with Gasteiger partial charge in [0.2, 0.25) is 5.82 Å². The third kappa shape index (κ3) is 4.66. The van der Waals surface area contributed by atoms with E-state index in [4.69, 9.17) is 9.47 Å². The van der Waals surface area contributed by atoms with Gasteiger partial charge in [-0.3, -0.25) is 4.79 Å². The number of carbonyl (C=O) groups excluding carboxylic acids is 1. The summed E-state index contributed by atoms with van der Waals surface area (Å²) in [6, 6.07) is 14.7. The van der Waals surface area contributed by atoms with Crippen LogP contribution in [-0.4, -0.2) is 46.5 Å². The Bertz CT molecular complexity index is 939. The molecule has 1 N–H and O–H groups in total. The van der Waals surface area contributed by atoms with Crippen LogP contribution in [0.15, 0.2) is 53.6 Å². The van der Waals surface area contributed by atoms with E-state index in [0.717, 1.165) is 5.56 Å². The van der Waals surface area contributed by atoms with Gasteiger partial charge in [-0.15, -0.1) is 10.2 Å². The standard InChI is InChI=1S/C18H18N6O3/c1-26-15-9-8-14(16(10-15)27-2)11-19-20-17(25)12-24-22-18(21-23-24)13-6-4-3-5-7-13/h3-11H,12H2,1-2H3,(H,20,25). The van der Waals surface area contributed by atoms with E-state index in [0.29, 0.717) is 22.9 Å². The van der Waals surface area contributed by atoms with Gasteiger partial charge in [-0.2, -0.15) is 9.90 Å². The van der Waals surface area contributed by atoms with Gasteiger partial charge in [0.25, 0.3) is 5.91 Å². The lowest BCUT2D eigenvalue weighted by Gasteiger charge is -2.06. The summed E-state index contributed by atoms with van der Waals surface area (Å²) in [6.07, 6.45) is 1.49. The average molecular weight is 366 g/mol. The molecule has 0 aliphatic rings. The number of amides is 1. The van der Waals surface area contributed by atoms with Crippen molar-refractivity contribution in [3.63, 3.8) is 0 Å². The number of hydrogen-bond acceptors (Lipinski definition) is 7. The number of hydrogen-bond donors (Lipinski definition) is 1. The first-order chi connectivity index (χ1) is 13.2. The normalized spacial score (nSPS) is 10.7. The molecule has 0 spiro atoms. The Hall–Kier alpha value is -3.75. The molecule has 0 aliphatic heterocycles. The number of aromatic nitrogens is 4. The number of nitrogens with zero attached hydrogens (tertiary/aromatic N) is 5. The fraction of sp³-hybridized carbons (Fsp3) is 0.167. The van der Waals surface area contributed by atoms with Crippen LogP contribution >= 0.6 is 0 Å². The zero-order valence-corrected chi connectivity index (χ0v) is 14.9. The van der Waals surface area contributed by atoms with E-state index in [9.17, 15) is 4.79 Å². The second kappa shape index (κ2) is 8.56. The molecule has 138 valence electrons. The molecule has 9 heteroatoms. The third-order valence-corrected chi connectivity index (χ3v) is 3.60. The van der Waals surface area contributed by atoms with Crippen LogP contribution in [0.2, 0.25) is 0 Å². The Kier molecular flexibility index (Phi) is 5.73. The minimum absolute atomic E-state index is 0.100. The number of benzene rings is 2. The second-order valence-electron chi connectivity index (χ2n) is 5.41. The maximum atomic E-state index is 12.0. The maximum Gasteiger partial charge on any atom is 0.263 e. The Morgan fingerprint density at radius 1 is 1.19 bits per heavy atom. The zero-order chi connectivity index (χ0) is 19.1. The monoisotopic (exact) mass is 366 g/mol. The number of rotatable bonds is 7. The van der Waals surface area contributed by atoms with Crippen molar-refractivity contribution < 1.29 is 14.3 Å². The zero-order valence-electron chi connectivity index (χ0n) is 14.9. The number of hydrazone groups is 1. The Morgan fingerprint density at radius 2 is 2.00 bits per heavy atom. The summed E-state index contributed by atoms with van der Waals surface area (Å²) >= 11 is 0. The number of ether oxygens (including phenoxy) is 2. The largest absolute Gasteiger partial charge is 0.497 e. The highest BCUT2D eigenvalue weighted by molar-refractivity contribution is 5.85. The molecule has 1 amide bonds. The lowest BCUT2D eigenvalue weighted by Crippen LogP contribution is -2.24. The molecule has 9 nitrogen and oxygen atoms in total. The van der Waals surface area contributed by atoms with Gasteiger partial charge >= 0.3 is 0 Å². The molecule has 0 saturated heterocycles. The predicted molar refractivity (Wildman–Crippen MR) is 98.5 cm³/mol. The predicted octanol–water partition coefficient (Wildman–Crippen LogP) is 1.51. The van der Waals surface area contributed by atoms with Crippen molar-refractivity contribution in [2.45, 2.75) is 6.54 Å². The number of tetrazole rings is 1. The highest BCUT2D eigenvalue weighted by Gasteiger charge is 2.08. The van der Waals surface area contributed by atoms with Crippen molar-refractivity contribution in [1.82, 2.24) is 25.6 Å². The van der Waals surface area contributed by atoms with Crippen LogP contribution in [0.5, 0.6) is 11.5 Å². The second-order valence-corrected chi connectivity index (χ2v) is 5.41. The van der Waals surface area contributed by atoms with Crippen molar-refractivity contribution in [3.8, 4) is 22.9 Å². The van der Waals surface area contributed by atoms with Crippen molar-refractivity contribution in [1.29, 1.82) is 0 Å². The van der Waals surface area contributed by atoms with Gasteiger partial charge in [0.1, 0.15) is 18.0 Å². The minimum Gasteiger partial charge on any atom is -0.497 e. The van der Waals surface area contributed by atoms with Gasteiger partial charge in [0.15, 0.2) is 0 Å². The third-order valence-electron chi connectivity index (χ3n) is 3.60. The highest BCUT2D eigenvalue weighted by Crippen LogP contribution is 2.22. The summed E-state index contributed by atoms with van der Waals surface area (Å²) in [5, 5.41) is 15.9. The summed E-state index contributed by atoms with van der Waals surface area (Å²) in [5.41, 5.74) is 3.95. The van der Waals surface area contributed by atoms with E-state index < -0.39 is 0 Å². The van der Waals surface area contributed by atoms with Crippen LogP contribution in [0.4, 0.5) is 0 Å². The molecule has 0 fully saturated rings. The maximum absolute atomic E-state index is 12.0. The summed E-state index contributed by atoms with van der Waals surface area (Å²) < 4.78 is 10.4. The molecule has 2 aromatic carbocycles. The first-order valence-electron chi connectivity index (χ1n) is 8.07. The fourth-order valence-corrected chi connectivity index (χ4v) is 2.28. The van der Waals surface area contributed by atoms with E-state index in [1.807, 2.05) is 30.3 Å². The molecule has 0 bridgehead atoms. The molecule has 3 rings (SSSR count). The fourth-order valence-electron chi connectivity index (χ4n) is 2.28. The van der Waals surface area contributed by atoms with Crippen molar-refractivity contribution in [2.24, 2.45) is 5.10 Å². The van der Waals surface area contributed by atoms with E-state index in [-0.39, 0.29) is 12.5 Å². The molecular weight excluding hydrogens is 348 g/mol. The highest BCUT2D eigenvalue weighted by atomic mass is 16.5. The van der Waals surface area contributed by atoms with Crippen molar-refractivity contribution in [3.05, 3.63) is 54.1 Å². The summed E-state index contributed by atoms with van der Waals surface area (Å²) in [5.74, 6) is 1.32. The number of nitrogens with one attached hydrogen (secondary N) is 1. The summed E-state index contributed by atoms with van der Waals surface area (Å²) in [6.45, 7) is -0.100. The Morgan fingerprint density at radius 3 is 2.74 bits per heavy atom. The van der Waals surface area contributed by atoms with Gasteiger partial charge in [0, 0.05) is 17.2 Å². The van der Waals surface area contributed by atoms with E-state index in [1.165, 1.54) is 11.0 Å². The van der Waals surface area contributed by atoms with Gasteiger partial charge in [0.05, 0.1) is 20.4 Å². The van der Waals surface area contributed by atoms with Crippen LogP contribution < -0.4 is 14.9 Å². The van der Waals surface area contributed by atoms with E-state index >= 15 is 0 Å². The molecule has 1 aromatic heterocycles. The molecule has 3 aromatic rings. The average Bonchev–Trinajstić information content (AvgIpc) is 3.17. The molecule has 0 atom stereocenters. The first-order valence-corrected chi connectivity index (χ1v) is 8.07. The van der Waals surface area contributed by atoms with Gasteiger partial charge in [-0.1, -0.05) is 30.3 Å². The SMILES string of the molecule is COc1ccc(C=NNC(=O)Cn2nnc(-c3ccccc3)n2)c(OC)c1. The Labute approximate surface area is 155 Å². The van der Waals surface area contributed by atoms with Gasteiger partial charge < -0.3 is 9.47 Å². The lowest BCUT2D eigenvalue weighted by atomic mass is 10.2. The van der Waals surface area contributed by atoms with Crippen LogP contribution in [0, 0.1) is 0 Å². The quantitative estimate of drug-likeness (QED) is 0.502. The van der Waals surface area contributed by atoms with Crippen LogP contribution in [0.3, 0.4) is 0 Å². The first kappa shape index (κ1) is 18.1. The molecule has 0 radical (unpaired) electrons. The topological polar surface area (TPSA) is 104 Å². The molecule has 0 aliphatic carbocycles. The minimum atomic E-state index is -0.379. The molecular formula is C18H18N6O3. The van der Waals surface area contributed by atoms with Crippen LogP contribution in [0.25, 0.3) is 11.4 Å². The summed E-state index contributed by atoms with van der Waals surface area (Å²) in [4.78, 5) is 13.2. The van der Waals surface area contributed by atoms with Gasteiger partial charge in [-0.05, 0) is 17.3 Å². The van der Waals surface area contributed by atoms with Crippen molar-refractivity contribution in [2.75, 3.05) is 14.2 Å². The molecule has 27 heavy (non-hydrogen) atoms. The van der Waals surface area contributed by atoms with Crippen LogP contribution in [0.1, 0.15) is 5.56 Å². The van der Waals surface area contributed by atoms with E-state index in [1.54, 1.807) is 32.4 Å². The van der Waals surface area contributed by atoms with E-state index in [2.05, 4.69) is 25.9 Å². The van der Waals surface area contributed by atoms with Gasteiger partial charge in [-0.25, -0.2) is 5.43 Å². The van der Waals surface area contributed by atoms with Crippen LogP contribution in [-0.2, 0) is 11.3 Å². The molecule has 0 unspecified atom stereocenters.